The van der Waals surface area contributed by atoms with E-state index < -0.39 is 6.03 Å². The molecule has 0 radical (unpaired) electrons. The molecule has 108 valence electrons. The first-order valence-corrected chi connectivity index (χ1v) is 6.27. The maximum Gasteiger partial charge on any atom is 0.316 e. The first-order valence-electron chi connectivity index (χ1n) is 6.27. The minimum atomic E-state index is -0.561. The lowest BCUT2D eigenvalue weighted by atomic mass is 10.1. The second kappa shape index (κ2) is 6.02. The van der Waals surface area contributed by atoms with E-state index in [1.54, 1.807) is 6.26 Å². The van der Waals surface area contributed by atoms with Gasteiger partial charge in [-0.15, -0.1) is 12.4 Å². The predicted molar refractivity (Wildman–Crippen MR) is 81.8 cm³/mol. The van der Waals surface area contributed by atoms with E-state index >= 15 is 0 Å². The Kier molecular flexibility index (Phi) is 4.36. The molecule has 2 amide bonds. The van der Waals surface area contributed by atoms with Gasteiger partial charge in [-0.25, -0.2) is 4.79 Å². The average Bonchev–Trinajstić information content (AvgIpc) is 2.86. The third-order valence-corrected chi connectivity index (χ3v) is 3.26. The van der Waals surface area contributed by atoms with Crippen molar-refractivity contribution in [3.63, 3.8) is 0 Å². The van der Waals surface area contributed by atoms with Crippen molar-refractivity contribution in [1.29, 1.82) is 0 Å². The van der Waals surface area contributed by atoms with Gasteiger partial charge in [-0.05, 0) is 18.2 Å². The molecule has 3 rings (SSSR count). The summed E-state index contributed by atoms with van der Waals surface area (Å²) in [5.41, 5.74) is 7.70. The highest BCUT2D eigenvalue weighted by Crippen LogP contribution is 2.32. The quantitative estimate of drug-likeness (QED) is 0.788. The summed E-state index contributed by atoms with van der Waals surface area (Å²) >= 11 is 0. The highest BCUT2D eigenvalue weighted by Gasteiger charge is 2.16. The van der Waals surface area contributed by atoms with Crippen LogP contribution in [0.4, 0.5) is 16.2 Å². The molecule has 0 bridgehead atoms. The Bertz CT molecular complexity index is 607. The van der Waals surface area contributed by atoms with Crippen molar-refractivity contribution >= 4 is 40.8 Å². The summed E-state index contributed by atoms with van der Waals surface area (Å²) in [6, 6.07) is 5.08. The number of hydrogen-bond donors (Lipinski definition) is 3. The van der Waals surface area contributed by atoms with E-state index in [4.69, 9.17) is 10.2 Å². The molecule has 2 heterocycles. The summed E-state index contributed by atoms with van der Waals surface area (Å²) < 4.78 is 5.56. The molecule has 1 aromatic carbocycles. The molecule has 1 aliphatic heterocycles. The van der Waals surface area contributed by atoms with Gasteiger partial charge in [0.25, 0.3) is 0 Å². The largest absolute Gasteiger partial charge is 0.462 e. The number of anilines is 2. The molecule has 6 nitrogen and oxygen atoms in total. The zero-order chi connectivity index (χ0) is 13.2. The van der Waals surface area contributed by atoms with Gasteiger partial charge in [-0.2, -0.15) is 0 Å². The van der Waals surface area contributed by atoms with E-state index in [0.29, 0.717) is 5.69 Å². The van der Waals surface area contributed by atoms with Crippen molar-refractivity contribution in [3.05, 3.63) is 24.5 Å². The molecule has 1 fully saturated rings. The lowest BCUT2D eigenvalue weighted by Gasteiger charge is -2.29. The highest BCUT2D eigenvalue weighted by molar-refractivity contribution is 5.97. The van der Waals surface area contributed by atoms with Crippen LogP contribution >= 0.6 is 12.4 Å². The van der Waals surface area contributed by atoms with Gasteiger partial charge in [0.1, 0.15) is 0 Å². The van der Waals surface area contributed by atoms with Gasteiger partial charge in [0.2, 0.25) is 0 Å². The number of rotatable bonds is 2. The Morgan fingerprint density at radius 1 is 1.35 bits per heavy atom. The fraction of sp³-hybridized carbons (Fsp3) is 0.308. The molecular formula is C13H17ClN4O2. The second-order valence-corrected chi connectivity index (χ2v) is 4.56. The van der Waals surface area contributed by atoms with Crippen LogP contribution in [0.15, 0.2) is 28.9 Å². The molecule has 0 saturated carbocycles. The van der Waals surface area contributed by atoms with Crippen LogP contribution < -0.4 is 21.3 Å². The SMILES string of the molecule is Cl.NC(=O)Nc1cc(N2CCNCC2)c2occc2c1. The number of nitrogens with two attached hydrogens (primary N) is 1. The van der Waals surface area contributed by atoms with E-state index in [1.807, 2.05) is 18.2 Å². The number of fused-ring (bicyclic) bond motifs is 1. The number of carbonyl (C=O) groups is 1. The van der Waals surface area contributed by atoms with Crippen molar-refractivity contribution in [1.82, 2.24) is 5.32 Å². The maximum absolute atomic E-state index is 11.0. The molecule has 1 saturated heterocycles. The van der Waals surface area contributed by atoms with E-state index in [2.05, 4.69) is 15.5 Å². The fourth-order valence-corrected chi connectivity index (χ4v) is 2.42. The first kappa shape index (κ1) is 14.5. The Morgan fingerprint density at radius 2 is 2.10 bits per heavy atom. The van der Waals surface area contributed by atoms with Crippen molar-refractivity contribution in [2.24, 2.45) is 5.73 Å². The first-order chi connectivity index (χ1) is 9.24. The van der Waals surface area contributed by atoms with Gasteiger partial charge >= 0.3 is 6.03 Å². The normalized spacial score (nSPS) is 14.9. The number of amides is 2. The van der Waals surface area contributed by atoms with E-state index in [0.717, 1.165) is 42.8 Å². The number of nitrogens with zero attached hydrogens (tertiary/aromatic N) is 1. The van der Waals surface area contributed by atoms with Crippen molar-refractivity contribution in [2.45, 2.75) is 0 Å². The van der Waals surface area contributed by atoms with Gasteiger partial charge in [0, 0.05) is 37.3 Å². The number of furan rings is 1. The van der Waals surface area contributed by atoms with Crippen LogP contribution in [-0.4, -0.2) is 32.2 Å². The summed E-state index contributed by atoms with van der Waals surface area (Å²) in [6.45, 7) is 3.71. The molecule has 20 heavy (non-hydrogen) atoms. The van der Waals surface area contributed by atoms with Crippen LogP contribution in [0, 0.1) is 0 Å². The summed E-state index contributed by atoms with van der Waals surface area (Å²) in [5.74, 6) is 0. The number of piperazine rings is 1. The van der Waals surface area contributed by atoms with Gasteiger partial charge in [0.05, 0.1) is 12.0 Å². The van der Waals surface area contributed by atoms with Gasteiger partial charge < -0.3 is 25.7 Å². The summed E-state index contributed by atoms with van der Waals surface area (Å²) in [6.07, 6.45) is 1.66. The van der Waals surface area contributed by atoms with Crippen LogP contribution in [0.5, 0.6) is 0 Å². The molecule has 0 unspecified atom stereocenters. The average molecular weight is 297 g/mol. The van der Waals surface area contributed by atoms with E-state index in [9.17, 15) is 4.79 Å². The number of urea groups is 1. The van der Waals surface area contributed by atoms with Crippen LogP contribution in [0.2, 0.25) is 0 Å². The zero-order valence-electron chi connectivity index (χ0n) is 10.9. The second-order valence-electron chi connectivity index (χ2n) is 4.56. The van der Waals surface area contributed by atoms with E-state index in [1.165, 1.54) is 0 Å². The third-order valence-electron chi connectivity index (χ3n) is 3.26. The van der Waals surface area contributed by atoms with Gasteiger partial charge in [-0.1, -0.05) is 0 Å². The number of benzene rings is 1. The van der Waals surface area contributed by atoms with Crippen LogP contribution in [0.1, 0.15) is 0 Å². The maximum atomic E-state index is 11.0. The minimum absolute atomic E-state index is 0. The number of nitrogens with one attached hydrogen (secondary N) is 2. The van der Waals surface area contributed by atoms with E-state index in [-0.39, 0.29) is 12.4 Å². The van der Waals surface area contributed by atoms with Crippen LogP contribution in [0.3, 0.4) is 0 Å². The topological polar surface area (TPSA) is 83.5 Å². The molecular weight excluding hydrogens is 280 g/mol. The fourth-order valence-electron chi connectivity index (χ4n) is 2.42. The monoisotopic (exact) mass is 296 g/mol. The minimum Gasteiger partial charge on any atom is -0.462 e. The predicted octanol–water partition coefficient (Wildman–Crippen LogP) is 1.75. The number of primary amides is 1. The Labute approximate surface area is 122 Å². The summed E-state index contributed by atoms with van der Waals surface area (Å²) in [4.78, 5) is 13.2. The summed E-state index contributed by atoms with van der Waals surface area (Å²) in [7, 11) is 0. The van der Waals surface area contributed by atoms with Crippen molar-refractivity contribution in [3.8, 4) is 0 Å². The number of carbonyl (C=O) groups excluding carboxylic acids is 1. The highest BCUT2D eigenvalue weighted by atomic mass is 35.5. The Hall–Kier alpha value is -1.92. The van der Waals surface area contributed by atoms with Gasteiger partial charge in [-0.3, -0.25) is 0 Å². The Morgan fingerprint density at radius 3 is 2.80 bits per heavy atom. The summed E-state index contributed by atoms with van der Waals surface area (Å²) in [5, 5.41) is 6.89. The lowest BCUT2D eigenvalue weighted by Crippen LogP contribution is -2.43. The van der Waals surface area contributed by atoms with Crippen molar-refractivity contribution < 1.29 is 9.21 Å². The standard InChI is InChI=1S/C13H16N4O2.ClH/c14-13(18)16-10-7-9-1-6-19-12(9)11(8-10)17-4-2-15-3-5-17;/h1,6-8,15H,2-5H2,(H3,14,16,18);1H. The lowest BCUT2D eigenvalue weighted by molar-refractivity contribution is 0.259. The number of hydrogen-bond acceptors (Lipinski definition) is 4. The molecule has 4 N–H and O–H groups in total. The molecule has 0 atom stereocenters. The Balaban J connectivity index is 0.00000147. The zero-order valence-corrected chi connectivity index (χ0v) is 11.7. The molecule has 7 heteroatoms. The van der Waals surface area contributed by atoms with Crippen LogP contribution in [0.25, 0.3) is 11.0 Å². The number of halogens is 1. The molecule has 0 spiro atoms. The smallest absolute Gasteiger partial charge is 0.316 e. The van der Waals surface area contributed by atoms with Crippen LogP contribution in [-0.2, 0) is 0 Å². The molecule has 0 aliphatic carbocycles. The van der Waals surface area contributed by atoms with Crippen molar-refractivity contribution in [2.75, 3.05) is 36.4 Å². The molecule has 1 aromatic heterocycles. The third kappa shape index (κ3) is 2.81. The molecule has 1 aliphatic rings. The van der Waals surface area contributed by atoms with Gasteiger partial charge in [0.15, 0.2) is 5.58 Å². The molecule has 2 aromatic rings.